The van der Waals surface area contributed by atoms with Gasteiger partial charge in [0.1, 0.15) is 6.54 Å². The van der Waals surface area contributed by atoms with Gasteiger partial charge in [-0.1, -0.05) is 17.7 Å². The van der Waals surface area contributed by atoms with Gasteiger partial charge in [0.05, 0.1) is 37.8 Å². The first-order valence-corrected chi connectivity index (χ1v) is 10.8. The van der Waals surface area contributed by atoms with Crippen LogP contribution < -0.4 is 26.0 Å². The smallest absolute Gasteiger partial charge is 0.332 e. The summed E-state index contributed by atoms with van der Waals surface area (Å²) in [6.45, 7) is 2.41. The Bertz CT molecular complexity index is 1290. The number of rotatable bonds is 7. The summed E-state index contributed by atoms with van der Waals surface area (Å²) in [6, 6.07) is 10.4. The molecule has 1 amide bonds. The maximum absolute atomic E-state index is 13.4. The Hall–Kier alpha value is -3.59. The van der Waals surface area contributed by atoms with Gasteiger partial charge >= 0.3 is 5.69 Å². The van der Waals surface area contributed by atoms with Crippen LogP contribution in [0, 0.1) is 6.92 Å². The molecule has 0 radical (unpaired) electrons. The van der Waals surface area contributed by atoms with E-state index in [2.05, 4.69) is 5.32 Å². The van der Waals surface area contributed by atoms with Crippen LogP contribution in [0.5, 0.6) is 11.5 Å². The summed E-state index contributed by atoms with van der Waals surface area (Å²) in [5.74, 6) is 0.327. The van der Waals surface area contributed by atoms with Gasteiger partial charge in [0, 0.05) is 18.4 Å². The normalized spacial score (nSPS) is 15.5. The highest BCUT2D eigenvalue weighted by Crippen LogP contribution is 2.30. The van der Waals surface area contributed by atoms with E-state index in [9.17, 15) is 14.4 Å². The van der Waals surface area contributed by atoms with Crippen LogP contribution in [0.25, 0.3) is 10.9 Å². The van der Waals surface area contributed by atoms with Crippen LogP contribution in [0.3, 0.4) is 0 Å². The molecule has 174 valence electrons. The van der Waals surface area contributed by atoms with Crippen molar-refractivity contribution in [2.75, 3.05) is 26.1 Å². The lowest BCUT2D eigenvalue weighted by molar-refractivity contribution is -0.116. The molecule has 1 aliphatic rings. The van der Waals surface area contributed by atoms with Crippen molar-refractivity contribution in [2.45, 2.75) is 39.0 Å². The number of nitrogens with zero attached hydrogens (tertiary/aromatic N) is 2. The second kappa shape index (κ2) is 9.50. The minimum Gasteiger partial charge on any atom is -0.493 e. The molecule has 1 atom stereocenters. The molecule has 0 aliphatic carbocycles. The van der Waals surface area contributed by atoms with Gasteiger partial charge in [-0.25, -0.2) is 4.79 Å². The largest absolute Gasteiger partial charge is 0.493 e. The molecule has 0 spiro atoms. The van der Waals surface area contributed by atoms with E-state index < -0.39 is 11.2 Å². The van der Waals surface area contributed by atoms with E-state index >= 15 is 0 Å². The molecule has 0 bridgehead atoms. The van der Waals surface area contributed by atoms with Crippen LogP contribution in [0.2, 0.25) is 0 Å². The van der Waals surface area contributed by atoms with E-state index in [1.165, 1.54) is 24.9 Å². The average molecular weight is 453 g/mol. The molecule has 3 aromatic rings. The van der Waals surface area contributed by atoms with Gasteiger partial charge in [-0.15, -0.1) is 0 Å². The van der Waals surface area contributed by atoms with E-state index in [0.717, 1.165) is 23.0 Å². The number of methoxy groups -OCH3 is 2. The minimum atomic E-state index is -0.575. The summed E-state index contributed by atoms with van der Waals surface area (Å²) < 4.78 is 18.8. The van der Waals surface area contributed by atoms with Crippen molar-refractivity contribution in [3.05, 3.63) is 62.8 Å². The van der Waals surface area contributed by atoms with Gasteiger partial charge in [0.15, 0.2) is 11.5 Å². The highest BCUT2D eigenvalue weighted by molar-refractivity contribution is 5.92. The zero-order chi connectivity index (χ0) is 23.5. The third kappa shape index (κ3) is 4.63. The van der Waals surface area contributed by atoms with Crippen molar-refractivity contribution in [2.24, 2.45) is 0 Å². The average Bonchev–Trinajstić information content (AvgIpc) is 3.33. The molecule has 2 heterocycles. The minimum absolute atomic E-state index is 0.127. The van der Waals surface area contributed by atoms with Crippen LogP contribution in [0.4, 0.5) is 5.69 Å². The summed E-state index contributed by atoms with van der Waals surface area (Å²) in [4.78, 5) is 39.5. The third-order valence-corrected chi connectivity index (χ3v) is 5.78. The predicted molar refractivity (Wildman–Crippen MR) is 124 cm³/mol. The van der Waals surface area contributed by atoms with Gasteiger partial charge in [0.25, 0.3) is 5.56 Å². The van der Waals surface area contributed by atoms with E-state index in [-0.39, 0.29) is 30.5 Å². The SMILES string of the molecule is COc1cc2c(=O)n(CC3CCCO3)c(=O)n(CC(=O)Nc3ccc(C)cc3)c2cc1OC. The number of aryl methyl sites for hydroxylation is 1. The monoisotopic (exact) mass is 453 g/mol. The van der Waals surface area contributed by atoms with Crippen molar-refractivity contribution < 1.29 is 19.0 Å². The Kier molecular flexibility index (Phi) is 6.50. The molecule has 1 aromatic heterocycles. The molecular formula is C24H27N3O6. The Morgan fingerprint density at radius 2 is 1.79 bits per heavy atom. The van der Waals surface area contributed by atoms with Crippen molar-refractivity contribution in [1.29, 1.82) is 0 Å². The van der Waals surface area contributed by atoms with E-state index in [1.807, 2.05) is 19.1 Å². The van der Waals surface area contributed by atoms with Gasteiger partial charge in [-0.3, -0.25) is 18.7 Å². The number of nitrogens with one attached hydrogen (secondary N) is 1. The Balaban J connectivity index is 1.80. The fraction of sp³-hybridized carbons (Fsp3) is 0.375. The number of benzene rings is 2. The molecule has 0 saturated carbocycles. The standard InChI is InChI=1S/C24H27N3O6/c1-15-6-8-16(9-7-15)25-22(28)14-26-19-12-21(32-3)20(31-2)11-18(19)23(29)27(24(26)30)13-17-5-4-10-33-17/h6-9,11-12,17H,4-5,10,13-14H2,1-3H3,(H,25,28). The molecule has 1 N–H and O–H groups in total. The number of hydrogen-bond acceptors (Lipinski definition) is 6. The Morgan fingerprint density at radius 1 is 1.09 bits per heavy atom. The van der Waals surface area contributed by atoms with Crippen molar-refractivity contribution in [3.63, 3.8) is 0 Å². The first kappa shape index (κ1) is 22.6. The van der Waals surface area contributed by atoms with Gasteiger partial charge in [-0.2, -0.15) is 0 Å². The lowest BCUT2D eigenvalue weighted by atomic mass is 10.2. The number of hydrogen-bond donors (Lipinski definition) is 1. The number of aromatic nitrogens is 2. The molecule has 1 unspecified atom stereocenters. The summed E-state index contributed by atoms with van der Waals surface area (Å²) in [5.41, 5.74) is 0.952. The van der Waals surface area contributed by atoms with Gasteiger partial charge < -0.3 is 19.5 Å². The highest BCUT2D eigenvalue weighted by Gasteiger charge is 2.22. The number of carbonyl (C=O) groups excluding carboxylic acids is 1. The van der Waals surface area contributed by atoms with Crippen LogP contribution >= 0.6 is 0 Å². The Labute approximate surface area is 190 Å². The summed E-state index contributed by atoms with van der Waals surface area (Å²) in [5, 5.41) is 3.06. The van der Waals surface area contributed by atoms with Crippen molar-refractivity contribution in [1.82, 2.24) is 9.13 Å². The van der Waals surface area contributed by atoms with Crippen molar-refractivity contribution in [3.8, 4) is 11.5 Å². The number of carbonyl (C=O) groups is 1. The molecule has 9 heteroatoms. The number of anilines is 1. The first-order valence-electron chi connectivity index (χ1n) is 10.8. The van der Waals surface area contributed by atoms with Gasteiger partial charge in [0.2, 0.25) is 5.91 Å². The van der Waals surface area contributed by atoms with Crippen LogP contribution in [-0.2, 0) is 22.6 Å². The fourth-order valence-electron chi connectivity index (χ4n) is 4.03. The summed E-state index contributed by atoms with van der Waals surface area (Å²) in [7, 11) is 2.94. The fourth-order valence-corrected chi connectivity index (χ4v) is 4.03. The zero-order valence-electron chi connectivity index (χ0n) is 18.9. The van der Waals surface area contributed by atoms with Crippen molar-refractivity contribution >= 4 is 22.5 Å². The molecule has 9 nitrogen and oxygen atoms in total. The van der Waals surface area contributed by atoms with E-state index in [0.29, 0.717) is 29.3 Å². The molecule has 1 aliphatic heterocycles. The topological polar surface area (TPSA) is 101 Å². The number of ether oxygens (including phenoxy) is 3. The van der Waals surface area contributed by atoms with Gasteiger partial charge in [-0.05, 0) is 38.0 Å². The molecular weight excluding hydrogens is 426 g/mol. The lowest BCUT2D eigenvalue weighted by Crippen LogP contribution is -2.43. The second-order valence-corrected chi connectivity index (χ2v) is 8.06. The lowest BCUT2D eigenvalue weighted by Gasteiger charge is -2.18. The van der Waals surface area contributed by atoms with E-state index in [1.54, 1.807) is 18.2 Å². The quantitative estimate of drug-likeness (QED) is 0.589. The maximum atomic E-state index is 13.4. The third-order valence-electron chi connectivity index (χ3n) is 5.78. The molecule has 1 saturated heterocycles. The molecule has 33 heavy (non-hydrogen) atoms. The Morgan fingerprint density at radius 3 is 2.42 bits per heavy atom. The number of amides is 1. The van der Waals surface area contributed by atoms with Crippen LogP contribution in [0.15, 0.2) is 46.0 Å². The van der Waals surface area contributed by atoms with Crippen LogP contribution in [0.1, 0.15) is 18.4 Å². The predicted octanol–water partition coefficient (Wildman–Crippen LogP) is 2.31. The molecule has 1 fully saturated rings. The van der Waals surface area contributed by atoms with Crippen LogP contribution in [-0.4, -0.2) is 42.0 Å². The first-order chi connectivity index (χ1) is 15.9. The zero-order valence-corrected chi connectivity index (χ0v) is 18.9. The maximum Gasteiger partial charge on any atom is 0.332 e. The summed E-state index contributed by atoms with van der Waals surface area (Å²) >= 11 is 0. The van der Waals surface area contributed by atoms with E-state index in [4.69, 9.17) is 14.2 Å². The molecule has 2 aromatic carbocycles. The molecule has 4 rings (SSSR count). The highest BCUT2D eigenvalue weighted by atomic mass is 16.5. The summed E-state index contributed by atoms with van der Waals surface area (Å²) in [6.07, 6.45) is 1.43. The number of fused-ring (bicyclic) bond motifs is 1. The second-order valence-electron chi connectivity index (χ2n) is 8.06.